The molecule has 0 atom stereocenters. The summed E-state index contributed by atoms with van der Waals surface area (Å²) in [5.74, 6) is -0.0417. The van der Waals surface area contributed by atoms with E-state index in [0.29, 0.717) is 18.8 Å². The number of aromatic nitrogens is 3. The third-order valence-electron chi connectivity index (χ3n) is 5.05. The first-order valence-corrected chi connectivity index (χ1v) is 10.7. The molecular weight excluding hydrogens is 370 g/mol. The van der Waals surface area contributed by atoms with E-state index in [-0.39, 0.29) is 5.91 Å². The lowest BCUT2D eigenvalue weighted by Crippen LogP contribution is -2.39. The number of hydrogen-bond acceptors (Lipinski definition) is 5. The number of carbonyl (C=O) groups is 1. The molecule has 0 fully saturated rings. The van der Waals surface area contributed by atoms with Crippen molar-refractivity contribution in [2.24, 2.45) is 0 Å². The first kappa shape index (κ1) is 20.5. The van der Waals surface area contributed by atoms with Crippen LogP contribution in [0.1, 0.15) is 42.4 Å². The fourth-order valence-corrected chi connectivity index (χ4v) is 4.49. The normalized spacial score (nSPS) is 11.5. The Morgan fingerprint density at radius 1 is 1.14 bits per heavy atom. The fourth-order valence-electron chi connectivity index (χ4n) is 3.45. The minimum absolute atomic E-state index is 0.0417. The minimum atomic E-state index is -0.0417. The smallest absolute Gasteiger partial charge is 0.278 e. The lowest BCUT2D eigenvalue weighted by atomic mass is 10.1. The van der Waals surface area contributed by atoms with E-state index in [1.807, 2.05) is 11.8 Å². The molecule has 0 spiro atoms. The van der Waals surface area contributed by atoms with Crippen LogP contribution in [0.15, 0.2) is 24.4 Å². The predicted molar refractivity (Wildman–Crippen MR) is 116 cm³/mol. The maximum Gasteiger partial charge on any atom is 0.278 e. The van der Waals surface area contributed by atoms with Gasteiger partial charge < -0.3 is 4.90 Å². The predicted octanol–water partition coefficient (Wildman–Crippen LogP) is 4.12. The van der Waals surface area contributed by atoms with Crippen molar-refractivity contribution in [2.75, 3.05) is 31.1 Å². The largest absolute Gasteiger partial charge is 0.302 e. The van der Waals surface area contributed by atoms with Crippen LogP contribution in [0.3, 0.4) is 0 Å². The van der Waals surface area contributed by atoms with Crippen LogP contribution in [0.5, 0.6) is 0 Å². The van der Waals surface area contributed by atoms with E-state index in [1.165, 1.54) is 11.1 Å². The fraction of sp³-hybridized carbons (Fsp3) is 0.476. The molecule has 0 saturated carbocycles. The van der Waals surface area contributed by atoms with Gasteiger partial charge in [0.25, 0.3) is 5.91 Å². The Bertz CT molecular complexity index is 957. The van der Waals surface area contributed by atoms with E-state index in [9.17, 15) is 4.79 Å². The van der Waals surface area contributed by atoms with Gasteiger partial charge in [0.2, 0.25) is 0 Å². The van der Waals surface area contributed by atoms with Crippen molar-refractivity contribution >= 4 is 32.6 Å². The summed E-state index contributed by atoms with van der Waals surface area (Å²) in [5.41, 5.74) is 3.96. The number of aryl methyl sites for hydroxylation is 3. The van der Waals surface area contributed by atoms with Crippen LogP contribution >= 0.6 is 11.3 Å². The molecule has 0 radical (unpaired) electrons. The molecule has 0 bridgehead atoms. The molecule has 0 aliphatic rings. The zero-order valence-electron chi connectivity index (χ0n) is 17.4. The second-order valence-corrected chi connectivity index (χ2v) is 7.92. The molecule has 0 N–H and O–H groups in total. The molecule has 7 heteroatoms. The Hall–Kier alpha value is -2.25. The molecule has 2 aromatic heterocycles. The Kier molecular flexibility index (Phi) is 6.46. The molecule has 28 heavy (non-hydrogen) atoms. The minimum Gasteiger partial charge on any atom is -0.302 e. The van der Waals surface area contributed by atoms with Gasteiger partial charge in [-0.25, -0.2) is 4.98 Å². The van der Waals surface area contributed by atoms with Crippen molar-refractivity contribution in [3.63, 3.8) is 0 Å². The lowest BCUT2D eigenvalue weighted by molar-refractivity contribution is 0.0973. The third kappa shape index (κ3) is 4.10. The molecule has 150 valence electrons. The highest BCUT2D eigenvalue weighted by atomic mass is 32.1. The van der Waals surface area contributed by atoms with Crippen LogP contribution in [0.25, 0.3) is 10.2 Å². The number of anilines is 1. The zero-order chi connectivity index (χ0) is 20.3. The monoisotopic (exact) mass is 399 g/mol. The van der Waals surface area contributed by atoms with Crippen molar-refractivity contribution in [2.45, 2.75) is 41.2 Å². The second kappa shape index (κ2) is 8.84. The number of amides is 1. The summed E-state index contributed by atoms with van der Waals surface area (Å²) < 4.78 is 2.89. The summed E-state index contributed by atoms with van der Waals surface area (Å²) in [4.78, 5) is 22.4. The first-order chi connectivity index (χ1) is 13.5. The van der Waals surface area contributed by atoms with Gasteiger partial charge in [-0.1, -0.05) is 31.3 Å². The van der Waals surface area contributed by atoms with Crippen molar-refractivity contribution in [3.8, 4) is 0 Å². The summed E-state index contributed by atoms with van der Waals surface area (Å²) in [6.07, 6.45) is 1.69. The SMILES string of the molecule is CCN(CC)CCN(C(=O)c1ccnn1CC)c1nc2cc(C)cc(C)c2s1. The number of nitrogens with zero attached hydrogens (tertiary/aromatic N) is 5. The summed E-state index contributed by atoms with van der Waals surface area (Å²) in [6.45, 7) is 14.5. The Morgan fingerprint density at radius 2 is 1.89 bits per heavy atom. The van der Waals surface area contributed by atoms with Crippen LogP contribution in [-0.2, 0) is 6.54 Å². The van der Waals surface area contributed by atoms with Gasteiger partial charge in [0, 0.05) is 25.8 Å². The van der Waals surface area contributed by atoms with Gasteiger partial charge in [-0.15, -0.1) is 0 Å². The average Bonchev–Trinajstić information content (AvgIpc) is 3.31. The zero-order valence-corrected chi connectivity index (χ0v) is 18.2. The lowest BCUT2D eigenvalue weighted by Gasteiger charge is -2.24. The Morgan fingerprint density at radius 3 is 2.57 bits per heavy atom. The molecule has 0 aliphatic carbocycles. The molecule has 1 aromatic carbocycles. The highest BCUT2D eigenvalue weighted by molar-refractivity contribution is 7.22. The van der Waals surface area contributed by atoms with Crippen molar-refractivity contribution in [1.82, 2.24) is 19.7 Å². The Balaban J connectivity index is 2.00. The molecule has 2 heterocycles. The number of benzene rings is 1. The molecular formula is C21H29N5OS. The summed E-state index contributed by atoms with van der Waals surface area (Å²) in [5, 5.41) is 5.02. The van der Waals surface area contributed by atoms with Crippen molar-refractivity contribution < 1.29 is 4.79 Å². The van der Waals surface area contributed by atoms with Gasteiger partial charge in [-0.05, 0) is 57.1 Å². The quantitative estimate of drug-likeness (QED) is 0.572. The van der Waals surface area contributed by atoms with Crippen molar-refractivity contribution in [3.05, 3.63) is 41.2 Å². The van der Waals surface area contributed by atoms with Gasteiger partial charge in [-0.3, -0.25) is 14.4 Å². The van der Waals surface area contributed by atoms with E-state index in [1.54, 1.807) is 28.3 Å². The summed E-state index contributed by atoms with van der Waals surface area (Å²) in [7, 11) is 0. The molecule has 3 rings (SSSR count). The standard InChI is InChI=1S/C21H29N5OS/c1-6-24(7-2)11-12-25(20(27)18-9-10-22-26(18)8-3)21-23-17-14-15(4)13-16(5)19(17)28-21/h9-10,13-14H,6-8,11-12H2,1-5H3. The molecule has 0 saturated heterocycles. The van der Waals surface area contributed by atoms with E-state index < -0.39 is 0 Å². The van der Waals surface area contributed by atoms with Gasteiger partial charge in [-0.2, -0.15) is 5.10 Å². The van der Waals surface area contributed by atoms with Crippen molar-refractivity contribution in [1.29, 1.82) is 0 Å². The number of fused-ring (bicyclic) bond motifs is 1. The first-order valence-electron chi connectivity index (χ1n) is 9.92. The molecule has 0 aliphatic heterocycles. The van der Waals surface area contributed by atoms with Gasteiger partial charge >= 0.3 is 0 Å². The number of likely N-dealkylation sites (N-methyl/N-ethyl adjacent to an activating group) is 1. The van der Waals surface area contributed by atoms with Crippen LogP contribution in [0.4, 0.5) is 5.13 Å². The van der Waals surface area contributed by atoms with Crippen LogP contribution in [0.2, 0.25) is 0 Å². The molecule has 6 nitrogen and oxygen atoms in total. The number of thiazole rings is 1. The number of rotatable bonds is 8. The highest BCUT2D eigenvalue weighted by Crippen LogP contribution is 2.32. The third-order valence-corrected chi connectivity index (χ3v) is 6.28. The molecule has 0 unspecified atom stereocenters. The van der Waals surface area contributed by atoms with E-state index in [2.05, 4.69) is 49.8 Å². The van der Waals surface area contributed by atoms with Crippen LogP contribution in [0, 0.1) is 13.8 Å². The van der Waals surface area contributed by atoms with Gasteiger partial charge in [0.1, 0.15) is 5.69 Å². The Labute approximate surface area is 170 Å². The van der Waals surface area contributed by atoms with Gasteiger partial charge in [0.15, 0.2) is 5.13 Å². The number of hydrogen-bond donors (Lipinski definition) is 0. The molecule has 1 amide bonds. The highest BCUT2D eigenvalue weighted by Gasteiger charge is 2.24. The van der Waals surface area contributed by atoms with Crippen LogP contribution < -0.4 is 4.90 Å². The summed E-state index contributed by atoms with van der Waals surface area (Å²) >= 11 is 1.59. The van der Waals surface area contributed by atoms with E-state index >= 15 is 0 Å². The van der Waals surface area contributed by atoms with Gasteiger partial charge in [0.05, 0.1) is 10.2 Å². The van der Waals surface area contributed by atoms with Crippen LogP contribution in [-0.4, -0.2) is 51.8 Å². The van der Waals surface area contributed by atoms with E-state index in [0.717, 1.165) is 35.0 Å². The van der Waals surface area contributed by atoms with E-state index in [4.69, 9.17) is 4.98 Å². The molecule has 3 aromatic rings. The maximum atomic E-state index is 13.4. The summed E-state index contributed by atoms with van der Waals surface area (Å²) in [6, 6.07) is 6.04. The average molecular weight is 400 g/mol. The second-order valence-electron chi connectivity index (χ2n) is 6.94. The topological polar surface area (TPSA) is 54.3 Å². The number of carbonyl (C=O) groups excluding carboxylic acids is 1. The maximum absolute atomic E-state index is 13.4.